The van der Waals surface area contributed by atoms with Crippen molar-refractivity contribution in [1.29, 1.82) is 5.41 Å². The van der Waals surface area contributed by atoms with E-state index in [2.05, 4.69) is 0 Å². The third kappa shape index (κ3) is 1.82. The molecule has 0 amide bonds. The largest absolute Gasteiger partial charge is 0.447 e. The standard InChI is InChI=1S/C10H9ClN2OS/c1-13-9(14-8(12)10(13)15)6-2-4-7(11)5-3-6/h2-5,9,12H,1H3. The first-order valence-corrected chi connectivity index (χ1v) is 5.16. The molecule has 0 bridgehead atoms. The maximum atomic E-state index is 7.48. The summed E-state index contributed by atoms with van der Waals surface area (Å²) >= 11 is 10.8. The van der Waals surface area contributed by atoms with Gasteiger partial charge in [-0.3, -0.25) is 5.41 Å². The number of rotatable bonds is 1. The van der Waals surface area contributed by atoms with Crippen molar-refractivity contribution in [3.63, 3.8) is 0 Å². The van der Waals surface area contributed by atoms with Gasteiger partial charge in [0.15, 0.2) is 4.99 Å². The highest BCUT2D eigenvalue weighted by atomic mass is 35.5. The first-order chi connectivity index (χ1) is 7.09. The lowest BCUT2D eigenvalue weighted by molar-refractivity contribution is 0.116. The number of thiocarbonyl (C=S) groups is 1. The monoisotopic (exact) mass is 240 g/mol. The Kier molecular flexibility index (Phi) is 2.63. The molecule has 0 aromatic heterocycles. The third-order valence-corrected chi connectivity index (χ3v) is 2.98. The molecule has 1 unspecified atom stereocenters. The molecule has 5 heteroatoms. The zero-order valence-electron chi connectivity index (χ0n) is 8.03. The topological polar surface area (TPSA) is 36.3 Å². The van der Waals surface area contributed by atoms with Crippen LogP contribution in [0.5, 0.6) is 0 Å². The summed E-state index contributed by atoms with van der Waals surface area (Å²) in [6.07, 6.45) is -0.303. The van der Waals surface area contributed by atoms with E-state index in [0.29, 0.717) is 10.0 Å². The molecule has 1 atom stereocenters. The van der Waals surface area contributed by atoms with Gasteiger partial charge in [-0.25, -0.2) is 0 Å². The lowest BCUT2D eigenvalue weighted by Crippen LogP contribution is -2.23. The number of ether oxygens (including phenoxy) is 1. The normalized spacial score (nSPS) is 20.7. The van der Waals surface area contributed by atoms with Crippen LogP contribution in [-0.2, 0) is 4.74 Å². The van der Waals surface area contributed by atoms with Gasteiger partial charge in [0.2, 0.25) is 12.1 Å². The van der Waals surface area contributed by atoms with E-state index in [1.807, 2.05) is 19.2 Å². The first-order valence-electron chi connectivity index (χ1n) is 4.37. The molecule has 1 aliphatic rings. The van der Waals surface area contributed by atoms with Crippen LogP contribution in [0.15, 0.2) is 24.3 Å². The second-order valence-corrected chi connectivity index (χ2v) is 4.09. The molecule has 1 aromatic carbocycles. The average Bonchev–Trinajstić information content (AvgIpc) is 2.47. The van der Waals surface area contributed by atoms with E-state index in [1.165, 1.54) is 0 Å². The zero-order valence-corrected chi connectivity index (χ0v) is 9.60. The van der Waals surface area contributed by atoms with Gasteiger partial charge >= 0.3 is 0 Å². The summed E-state index contributed by atoms with van der Waals surface area (Å²) in [5.74, 6) is 0.0486. The van der Waals surface area contributed by atoms with E-state index >= 15 is 0 Å². The molecular weight excluding hydrogens is 232 g/mol. The van der Waals surface area contributed by atoms with Crippen LogP contribution in [-0.4, -0.2) is 22.8 Å². The van der Waals surface area contributed by atoms with Gasteiger partial charge in [0.05, 0.1) is 0 Å². The van der Waals surface area contributed by atoms with Crippen molar-refractivity contribution in [3.8, 4) is 0 Å². The van der Waals surface area contributed by atoms with Crippen molar-refractivity contribution in [2.75, 3.05) is 7.05 Å². The molecule has 1 aliphatic heterocycles. The second-order valence-electron chi connectivity index (χ2n) is 3.27. The Hall–Kier alpha value is -1.13. The van der Waals surface area contributed by atoms with Crippen LogP contribution in [0.2, 0.25) is 5.02 Å². The highest BCUT2D eigenvalue weighted by Crippen LogP contribution is 2.28. The van der Waals surface area contributed by atoms with Crippen molar-refractivity contribution in [1.82, 2.24) is 4.90 Å². The Morgan fingerprint density at radius 3 is 2.47 bits per heavy atom. The lowest BCUT2D eigenvalue weighted by Gasteiger charge is -2.18. The fourth-order valence-electron chi connectivity index (χ4n) is 1.43. The molecular formula is C10H9ClN2OS. The van der Waals surface area contributed by atoms with Crippen molar-refractivity contribution in [2.24, 2.45) is 0 Å². The Morgan fingerprint density at radius 2 is 2.00 bits per heavy atom. The maximum absolute atomic E-state index is 7.48. The van der Waals surface area contributed by atoms with E-state index in [9.17, 15) is 0 Å². The van der Waals surface area contributed by atoms with Gasteiger partial charge in [-0.1, -0.05) is 36.0 Å². The number of benzene rings is 1. The van der Waals surface area contributed by atoms with E-state index in [4.69, 9.17) is 34.0 Å². The van der Waals surface area contributed by atoms with Gasteiger partial charge in [0.25, 0.3) is 0 Å². The minimum atomic E-state index is -0.303. The fraction of sp³-hybridized carbons (Fsp3) is 0.200. The van der Waals surface area contributed by atoms with Crippen LogP contribution in [0.4, 0.5) is 0 Å². The van der Waals surface area contributed by atoms with Crippen LogP contribution in [0, 0.1) is 5.41 Å². The lowest BCUT2D eigenvalue weighted by atomic mass is 10.2. The van der Waals surface area contributed by atoms with Crippen LogP contribution < -0.4 is 0 Å². The number of likely N-dealkylation sites (N-methyl/N-ethyl adjacent to an activating group) is 1. The van der Waals surface area contributed by atoms with Crippen molar-refractivity contribution < 1.29 is 4.74 Å². The number of hydrogen-bond donors (Lipinski definition) is 1. The van der Waals surface area contributed by atoms with Gasteiger partial charge in [-0.05, 0) is 12.1 Å². The molecule has 78 valence electrons. The number of nitrogens with zero attached hydrogens (tertiary/aromatic N) is 1. The summed E-state index contributed by atoms with van der Waals surface area (Å²) in [4.78, 5) is 2.18. The number of hydrogen-bond acceptors (Lipinski definition) is 3. The molecule has 0 radical (unpaired) electrons. The summed E-state index contributed by atoms with van der Waals surface area (Å²) in [5.41, 5.74) is 0.937. The molecule has 1 aromatic rings. The Bertz CT molecular complexity index is 418. The van der Waals surface area contributed by atoms with Crippen molar-refractivity contribution in [3.05, 3.63) is 34.9 Å². The second kappa shape index (κ2) is 3.79. The summed E-state index contributed by atoms with van der Waals surface area (Å²) in [6.45, 7) is 0. The minimum Gasteiger partial charge on any atom is -0.447 e. The summed E-state index contributed by atoms with van der Waals surface area (Å²) < 4.78 is 5.34. The zero-order chi connectivity index (χ0) is 11.0. The van der Waals surface area contributed by atoms with Crippen molar-refractivity contribution in [2.45, 2.75) is 6.23 Å². The van der Waals surface area contributed by atoms with Crippen LogP contribution in [0.3, 0.4) is 0 Å². The summed E-state index contributed by atoms with van der Waals surface area (Å²) in [5, 5.41) is 8.15. The minimum absolute atomic E-state index is 0.0486. The SMILES string of the molecule is CN1C(=S)C(=N)OC1c1ccc(Cl)cc1. The summed E-state index contributed by atoms with van der Waals surface area (Å²) in [7, 11) is 1.81. The van der Waals surface area contributed by atoms with Crippen LogP contribution >= 0.6 is 23.8 Å². The highest BCUT2D eigenvalue weighted by molar-refractivity contribution is 7.82. The Labute approximate surface area is 98.1 Å². The van der Waals surface area contributed by atoms with Crippen LogP contribution in [0.25, 0.3) is 0 Å². The Balaban J connectivity index is 2.29. The Morgan fingerprint density at radius 1 is 1.40 bits per heavy atom. The smallest absolute Gasteiger partial charge is 0.244 e. The number of halogens is 1. The molecule has 1 saturated heterocycles. The fourth-order valence-corrected chi connectivity index (χ4v) is 1.70. The van der Waals surface area contributed by atoms with E-state index in [1.54, 1.807) is 17.0 Å². The molecule has 1 fully saturated rings. The van der Waals surface area contributed by atoms with Crippen molar-refractivity contribution >= 4 is 34.7 Å². The highest BCUT2D eigenvalue weighted by Gasteiger charge is 2.32. The van der Waals surface area contributed by atoms with Crippen LogP contribution in [0.1, 0.15) is 11.8 Å². The molecule has 3 nitrogen and oxygen atoms in total. The van der Waals surface area contributed by atoms with Gasteiger partial charge in [-0.2, -0.15) is 0 Å². The van der Waals surface area contributed by atoms with Gasteiger partial charge < -0.3 is 9.64 Å². The average molecular weight is 241 g/mol. The predicted octanol–water partition coefficient (Wildman–Crippen LogP) is 2.61. The molecule has 0 aliphatic carbocycles. The first kappa shape index (κ1) is 10.4. The van der Waals surface area contributed by atoms with E-state index in [-0.39, 0.29) is 12.1 Å². The quantitative estimate of drug-likeness (QED) is 0.767. The maximum Gasteiger partial charge on any atom is 0.244 e. The van der Waals surface area contributed by atoms with E-state index < -0.39 is 0 Å². The molecule has 1 N–H and O–H groups in total. The number of nitrogens with one attached hydrogen (secondary N) is 1. The predicted molar refractivity (Wildman–Crippen MR) is 63.4 cm³/mol. The molecule has 15 heavy (non-hydrogen) atoms. The van der Waals surface area contributed by atoms with Gasteiger partial charge in [0, 0.05) is 17.6 Å². The molecule has 2 rings (SSSR count). The van der Waals surface area contributed by atoms with E-state index in [0.717, 1.165) is 5.56 Å². The molecule has 0 spiro atoms. The third-order valence-electron chi connectivity index (χ3n) is 2.25. The summed E-state index contributed by atoms with van der Waals surface area (Å²) in [6, 6.07) is 7.31. The van der Waals surface area contributed by atoms with Gasteiger partial charge in [-0.15, -0.1) is 0 Å². The van der Waals surface area contributed by atoms with Gasteiger partial charge in [0.1, 0.15) is 0 Å². The molecule has 1 heterocycles. The molecule has 0 saturated carbocycles.